The molecule has 0 radical (unpaired) electrons. The zero-order valence-corrected chi connectivity index (χ0v) is 8.31. The number of piperidine rings is 1. The monoisotopic (exact) mass is 221 g/mol. The Balaban J connectivity index is 2.07. The van der Waals surface area contributed by atoms with E-state index < -0.39 is 0 Å². The fourth-order valence-electron chi connectivity index (χ4n) is 1.46. The number of rotatable bonds is 3. The summed E-state index contributed by atoms with van der Waals surface area (Å²) in [6.07, 6.45) is 4.57. The van der Waals surface area contributed by atoms with Gasteiger partial charge >= 0.3 is 0 Å². The predicted octanol–water partition coefficient (Wildman–Crippen LogP) is 1.27. The van der Waals surface area contributed by atoms with Crippen LogP contribution in [-0.4, -0.2) is 29.1 Å². The molecule has 1 fully saturated rings. The number of alkyl halides is 1. The Morgan fingerprint density at radius 3 is 2.82 bits per heavy atom. The molecule has 2 unspecified atom stereocenters. The molecule has 0 amide bonds. The fourth-order valence-corrected chi connectivity index (χ4v) is 1.92. The third-order valence-corrected chi connectivity index (χ3v) is 2.95. The number of aliphatic hydroxyl groups is 1. The summed E-state index contributed by atoms with van der Waals surface area (Å²) < 4.78 is 0. The Hall–Kier alpha value is 0.400. The van der Waals surface area contributed by atoms with Crippen LogP contribution in [0.15, 0.2) is 0 Å². The molecule has 1 aliphatic rings. The molecular weight excluding hydrogens is 206 g/mol. The van der Waals surface area contributed by atoms with E-state index in [-0.39, 0.29) is 0 Å². The zero-order valence-electron chi connectivity index (χ0n) is 6.72. The largest absolute Gasteiger partial charge is 0.396 e. The van der Waals surface area contributed by atoms with Gasteiger partial charge < -0.3 is 10.4 Å². The van der Waals surface area contributed by atoms with Crippen LogP contribution in [0.25, 0.3) is 0 Å². The lowest BCUT2D eigenvalue weighted by Gasteiger charge is -2.26. The molecule has 0 aliphatic carbocycles. The first kappa shape index (κ1) is 9.49. The highest BCUT2D eigenvalue weighted by Crippen LogP contribution is 2.17. The van der Waals surface area contributed by atoms with Crippen molar-refractivity contribution in [2.24, 2.45) is 0 Å². The molecule has 2 nitrogen and oxygen atoms in total. The summed E-state index contributed by atoms with van der Waals surface area (Å²) in [7, 11) is 0. The second kappa shape index (κ2) is 5.12. The van der Waals surface area contributed by atoms with Crippen LogP contribution >= 0.6 is 15.9 Å². The minimum atomic E-state index is 0.329. The van der Waals surface area contributed by atoms with Gasteiger partial charge in [-0.3, -0.25) is 0 Å². The average molecular weight is 222 g/mol. The van der Waals surface area contributed by atoms with Crippen molar-refractivity contribution in [1.82, 2.24) is 5.32 Å². The first-order valence-corrected chi connectivity index (χ1v) is 5.23. The van der Waals surface area contributed by atoms with E-state index in [4.69, 9.17) is 5.11 Å². The second-order valence-corrected chi connectivity index (χ2v) is 4.44. The Morgan fingerprint density at radius 1 is 1.45 bits per heavy atom. The molecule has 0 aromatic heterocycles. The molecule has 3 heteroatoms. The molecule has 0 aromatic carbocycles. The zero-order chi connectivity index (χ0) is 8.10. The van der Waals surface area contributed by atoms with E-state index in [9.17, 15) is 0 Å². The lowest BCUT2D eigenvalue weighted by atomic mass is 10.0. The lowest BCUT2D eigenvalue weighted by Crippen LogP contribution is -2.39. The van der Waals surface area contributed by atoms with Crippen molar-refractivity contribution in [2.75, 3.05) is 13.2 Å². The first-order chi connectivity index (χ1) is 5.33. The highest BCUT2D eigenvalue weighted by atomic mass is 79.9. The molecule has 1 saturated heterocycles. The van der Waals surface area contributed by atoms with Crippen molar-refractivity contribution in [3.05, 3.63) is 0 Å². The molecule has 66 valence electrons. The van der Waals surface area contributed by atoms with Crippen LogP contribution in [0, 0.1) is 0 Å². The summed E-state index contributed by atoms with van der Waals surface area (Å²) in [5, 5.41) is 12.1. The minimum absolute atomic E-state index is 0.329. The third kappa shape index (κ3) is 3.54. The van der Waals surface area contributed by atoms with E-state index >= 15 is 0 Å². The van der Waals surface area contributed by atoms with Gasteiger partial charge in [0.1, 0.15) is 0 Å². The van der Waals surface area contributed by atoms with Crippen LogP contribution < -0.4 is 5.32 Å². The molecular formula is C8H16BrNO. The Morgan fingerprint density at radius 2 is 2.27 bits per heavy atom. The molecule has 11 heavy (non-hydrogen) atoms. The summed E-state index contributed by atoms with van der Waals surface area (Å²) in [5.74, 6) is 0. The highest BCUT2D eigenvalue weighted by molar-refractivity contribution is 9.09. The van der Waals surface area contributed by atoms with Crippen molar-refractivity contribution in [1.29, 1.82) is 0 Å². The smallest absolute Gasteiger partial charge is 0.0431 e. The number of aliphatic hydroxyl groups excluding tert-OH is 1. The number of halogens is 1. The summed E-state index contributed by atoms with van der Waals surface area (Å²) in [4.78, 5) is 0.660. The maximum Gasteiger partial charge on any atom is 0.0431 e. The van der Waals surface area contributed by atoms with E-state index in [1.165, 1.54) is 12.8 Å². The minimum Gasteiger partial charge on any atom is -0.396 e. The number of nitrogens with one attached hydrogen (secondary N) is 1. The standard InChI is InChI=1S/C8H16BrNO/c9-7-3-4-8(10-6-7)2-1-5-11/h7-8,10-11H,1-6H2. The fraction of sp³-hybridized carbons (Fsp3) is 1.00. The van der Waals surface area contributed by atoms with Gasteiger partial charge in [-0.15, -0.1) is 0 Å². The van der Waals surface area contributed by atoms with Crippen molar-refractivity contribution in [3.8, 4) is 0 Å². The van der Waals surface area contributed by atoms with Crippen molar-refractivity contribution in [3.63, 3.8) is 0 Å². The van der Waals surface area contributed by atoms with Gasteiger partial charge in [-0.05, 0) is 25.7 Å². The van der Waals surface area contributed by atoms with E-state index in [0.717, 1.165) is 19.4 Å². The quantitative estimate of drug-likeness (QED) is 0.705. The molecule has 0 aromatic rings. The SMILES string of the molecule is OCCCC1CCC(Br)CN1. The van der Waals surface area contributed by atoms with Crippen molar-refractivity contribution in [2.45, 2.75) is 36.6 Å². The van der Waals surface area contributed by atoms with Crippen LogP contribution in [0.3, 0.4) is 0 Å². The van der Waals surface area contributed by atoms with Gasteiger partial charge in [-0.2, -0.15) is 0 Å². The van der Waals surface area contributed by atoms with Crippen LogP contribution in [0.1, 0.15) is 25.7 Å². The Kier molecular flexibility index (Phi) is 4.41. The van der Waals surface area contributed by atoms with Gasteiger partial charge in [0.15, 0.2) is 0 Å². The summed E-state index contributed by atoms with van der Waals surface area (Å²) in [6, 6.07) is 0.649. The summed E-state index contributed by atoms with van der Waals surface area (Å²) in [6.45, 7) is 1.41. The van der Waals surface area contributed by atoms with Gasteiger partial charge in [-0.1, -0.05) is 15.9 Å². The van der Waals surface area contributed by atoms with E-state index in [2.05, 4.69) is 21.2 Å². The molecule has 1 aliphatic heterocycles. The van der Waals surface area contributed by atoms with E-state index in [1.54, 1.807) is 0 Å². The van der Waals surface area contributed by atoms with Gasteiger partial charge in [0.2, 0.25) is 0 Å². The lowest BCUT2D eigenvalue weighted by molar-refractivity contribution is 0.267. The van der Waals surface area contributed by atoms with Crippen LogP contribution in [0.2, 0.25) is 0 Å². The molecule has 1 rings (SSSR count). The van der Waals surface area contributed by atoms with Gasteiger partial charge in [0, 0.05) is 24.0 Å². The molecule has 1 heterocycles. The van der Waals surface area contributed by atoms with Crippen LogP contribution in [-0.2, 0) is 0 Å². The van der Waals surface area contributed by atoms with Crippen molar-refractivity contribution < 1.29 is 5.11 Å². The third-order valence-electron chi connectivity index (χ3n) is 2.17. The second-order valence-electron chi connectivity index (χ2n) is 3.15. The summed E-state index contributed by atoms with van der Waals surface area (Å²) in [5.41, 5.74) is 0. The molecule has 0 saturated carbocycles. The Bertz CT molecular complexity index is 99.5. The molecule has 0 bridgehead atoms. The van der Waals surface area contributed by atoms with Crippen LogP contribution in [0.5, 0.6) is 0 Å². The van der Waals surface area contributed by atoms with E-state index in [1.807, 2.05) is 0 Å². The van der Waals surface area contributed by atoms with Gasteiger partial charge in [-0.25, -0.2) is 0 Å². The normalized spacial score (nSPS) is 32.2. The molecule has 0 spiro atoms. The van der Waals surface area contributed by atoms with Gasteiger partial charge in [0.05, 0.1) is 0 Å². The topological polar surface area (TPSA) is 32.3 Å². The Labute approximate surface area is 76.5 Å². The number of hydrogen-bond donors (Lipinski definition) is 2. The predicted molar refractivity (Wildman–Crippen MR) is 50.1 cm³/mol. The molecule has 2 atom stereocenters. The average Bonchev–Trinajstić information content (AvgIpc) is 2.04. The maximum atomic E-state index is 8.61. The summed E-state index contributed by atoms with van der Waals surface area (Å²) >= 11 is 3.57. The van der Waals surface area contributed by atoms with Crippen LogP contribution in [0.4, 0.5) is 0 Å². The van der Waals surface area contributed by atoms with Gasteiger partial charge in [0.25, 0.3) is 0 Å². The number of hydrogen-bond acceptors (Lipinski definition) is 2. The maximum absolute atomic E-state index is 8.61. The first-order valence-electron chi connectivity index (χ1n) is 4.31. The van der Waals surface area contributed by atoms with E-state index in [0.29, 0.717) is 17.5 Å². The molecule has 2 N–H and O–H groups in total. The highest BCUT2D eigenvalue weighted by Gasteiger charge is 2.17. The van der Waals surface area contributed by atoms with Crippen molar-refractivity contribution >= 4 is 15.9 Å².